The molecular formula is C20H14O6. The van der Waals surface area contributed by atoms with E-state index < -0.39 is 23.6 Å². The molecule has 2 spiro atoms. The fourth-order valence-corrected chi connectivity index (χ4v) is 5.73. The number of fused-ring (bicyclic) bond motifs is 5. The highest BCUT2D eigenvalue weighted by molar-refractivity contribution is 6.00. The maximum atomic E-state index is 13.0. The molecule has 3 saturated heterocycles. The number of hydrogen-bond donors (Lipinski definition) is 0. The van der Waals surface area contributed by atoms with Crippen LogP contribution in [0.4, 0.5) is 0 Å². The van der Waals surface area contributed by atoms with E-state index in [4.69, 9.17) is 23.7 Å². The van der Waals surface area contributed by atoms with Gasteiger partial charge < -0.3 is 23.7 Å². The van der Waals surface area contributed by atoms with Crippen LogP contribution in [0.25, 0.3) is 10.8 Å². The van der Waals surface area contributed by atoms with Crippen LogP contribution in [-0.4, -0.2) is 47.7 Å². The molecule has 8 rings (SSSR count). The van der Waals surface area contributed by atoms with Gasteiger partial charge in [-0.3, -0.25) is 4.79 Å². The van der Waals surface area contributed by atoms with Crippen LogP contribution in [0, 0.1) is 5.92 Å². The van der Waals surface area contributed by atoms with E-state index >= 15 is 0 Å². The van der Waals surface area contributed by atoms with E-state index in [1.165, 1.54) is 0 Å². The van der Waals surface area contributed by atoms with Crippen LogP contribution in [0.2, 0.25) is 0 Å². The third-order valence-electron chi connectivity index (χ3n) is 6.98. The molecule has 6 nitrogen and oxygen atoms in total. The summed E-state index contributed by atoms with van der Waals surface area (Å²) in [6, 6.07) is 12.0. The third kappa shape index (κ3) is 1.20. The van der Waals surface area contributed by atoms with E-state index in [1.807, 2.05) is 36.4 Å². The van der Waals surface area contributed by atoms with Gasteiger partial charge in [-0.25, -0.2) is 0 Å². The summed E-state index contributed by atoms with van der Waals surface area (Å²) in [4.78, 5) is 13.0. The highest BCUT2D eigenvalue weighted by Crippen LogP contribution is 2.68. The molecule has 2 aromatic carbocycles. The van der Waals surface area contributed by atoms with Crippen molar-refractivity contribution in [2.45, 2.75) is 48.3 Å². The van der Waals surface area contributed by atoms with E-state index in [0.29, 0.717) is 6.42 Å². The number of Topliss-reactive ketones (excluding diaryl/α,β-unsaturated/α-hetero) is 1. The van der Waals surface area contributed by atoms with Crippen LogP contribution in [-0.2, 0) is 19.0 Å². The average molecular weight is 350 g/mol. The molecule has 0 bridgehead atoms. The van der Waals surface area contributed by atoms with E-state index in [2.05, 4.69) is 0 Å². The molecular weight excluding hydrogens is 336 g/mol. The molecule has 0 radical (unpaired) electrons. The maximum Gasteiger partial charge on any atom is 0.286 e. The lowest BCUT2D eigenvalue weighted by Gasteiger charge is -2.46. The van der Waals surface area contributed by atoms with Crippen molar-refractivity contribution in [3.05, 3.63) is 36.4 Å². The number of hydrogen-bond acceptors (Lipinski definition) is 6. The predicted octanol–water partition coefficient (Wildman–Crippen LogP) is 1.58. The lowest BCUT2D eigenvalue weighted by Crippen LogP contribution is -2.67. The number of carbonyl (C=O) groups is 1. The Balaban J connectivity index is 1.35. The number of rotatable bonds is 0. The van der Waals surface area contributed by atoms with Crippen molar-refractivity contribution in [1.29, 1.82) is 0 Å². The smallest absolute Gasteiger partial charge is 0.286 e. The molecule has 2 saturated carbocycles. The molecule has 0 aromatic heterocycles. The Kier molecular flexibility index (Phi) is 1.82. The SMILES string of the molecule is O=C1C2OC2C2(Oc3cccc4cccc(c34)O2)C2CC3OC3C3OC132. The molecule has 0 amide bonds. The average Bonchev–Trinajstić information content (AvgIpc) is 3.52. The molecule has 0 N–H and O–H groups in total. The lowest BCUT2D eigenvalue weighted by atomic mass is 9.66. The minimum atomic E-state index is -1.03. The van der Waals surface area contributed by atoms with Gasteiger partial charge in [-0.05, 0) is 23.9 Å². The van der Waals surface area contributed by atoms with Gasteiger partial charge in [-0.15, -0.1) is 0 Å². The Morgan fingerprint density at radius 1 is 0.962 bits per heavy atom. The van der Waals surface area contributed by atoms with Gasteiger partial charge in [0.1, 0.15) is 23.7 Å². The number of benzene rings is 2. The van der Waals surface area contributed by atoms with Gasteiger partial charge in [-0.2, -0.15) is 0 Å². The zero-order chi connectivity index (χ0) is 16.8. The van der Waals surface area contributed by atoms with Crippen molar-refractivity contribution in [3.8, 4) is 11.5 Å². The minimum Gasteiger partial charge on any atom is -0.448 e. The normalized spacial score (nSPS) is 47.0. The zero-order valence-corrected chi connectivity index (χ0v) is 13.6. The van der Waals surface area contributed by atoms with Crippen molar-refractivity contribution in [3.63, 3.8) is 0 Å². The molecule has 7 atom stereocenters. The van der Waals surface area contributed by atoms with Gasteiger partial charge in [0.05, 0.1) is 17.4 Å². The first-order chi connectivity index (χ1) is 12.7. The highest BCUT2D eigenvalue weighted by atomic mass is 16.8. The molecule has 4 heterocycles. The summed E-state index contributed by atoms with van der Waals surface area (Å²) in [5.74, 6) is 0.329. The number of ether oxygens (including phenoxy) is 5. The largest absolute Gasteiger partial charge is 0.448 e. The monoisotopic (exact) mass is 350 g/mol. The first-order valence-electron chi connectivity index (χ1n) is 9.15. The Morgan fingerprint density at radius 2 is 1.73 bits per heavy atom. The van der Waals surface area contributed by atoms with Crippen LogP contribution < -0.4 is 9.47 Å². The summed E-state index contributed by atoms with van der Waals surface area (Å²) < 4.78 is 30.6. The highest BCUT2D eigenvalue weighted by Gasteiger charge is 2.90. The Bertz CT molecular complexity index is 1010. The Labute approximate surface area is 147 Å². The molecule has 6 aliphatic rings. The van der Waals surface area contributed by atoms with E-state index in [-0.39, 0.29) is 30.0 Å². The van der Waals surface area contributed by atoms with Gasteiger partial charge in [-0.1, -0.05) is 24.3 Å². The third-order valence-corrected chi connectivity index (χ3v) is 6.98. The second-order valence-electron chi connectivity index (χ2n) is 8.14. The van der Waals surface area contributed by atoms with E-state index in [9.17, 15) is 4.79 Å². The van der Waals surface area contributed by atoms with Gasteiger partial charge in [0.2, 0.25) is 0 Å². The summed E-state index contributed by atoms with van der Waals surface area (Å²) in [6.07, 6.45) is -0.216. The first-order valence-corrected chi connectivity index (χ1v) is 9.15. The molecule has 2 aromatic rings. The fraction of sp³-hybridized carbons (Fsp3) is 0.450. The van der Waals surface area contributed by atoms with Crippen LogP contribution in [0.15, 0.2) is 36.4 Å². The standard InChI is InChI=1S/C20H14O6/c21-16-15-18(23-15)20(12-7-11-14(22-11)17-19(12,16)26-17)24-9-5-1-3-8-4-2-6-10(25-20)13(8)9/h1-6,11-12,14-15,17-18H,7H2. The quantitative estimate of drug-likeness (QED) is 0.672. The predicted molar refractivity (Wildman–Crippen MR) is 86.0 cm³/mol. The van der Waals surface area contributed by atoms with E-state index in [1.54, 1.807) is 0 Å². The molecule has 26 heavy (non-hydrogen) atoms. The fourth-order valence-electron chi connectivity index (χ4n) is 5.73. The maximum absolute atomic E-state index is 13.0. The van der Waals surface area contributed by atoms with Crippen molar-refractivity contribution < 1.29 is 28.5 Å². The topological polar surface area (TPSA) is 73.1 Å². The molecule has 5 fully saturated rings. The van der Waals surface area contributed by atoms with E-state index in [0.717, 1.165) is 22.3 Å². The Morgan fingerprint density at radius 3 is 2.50 bits per heavy atom. The van der Waals surface area contributed by atoms with Crippen LogP contribution in [0.1, 0.15) is 6.42 Å². The van der Waals surface area contributed by atoms with Gasteiger partial charge in [0.15, 0.2) is 23.6 Å². The van der Waals surface area contributed by atoms with Crippen LogP contribution >= 0.6 is 0 Å². The Hall–Kier alpha value is -2.15. The molecule has 6 heteroatoms. The van der Waals surface area contributed by atoms with Crippen molar-refractivity contribution >= 4 is 16.6 Å². The van der Waals surface area contributed by atoms with Crippen molar-refractivity contribution in [2.75, 3.05) is 0 Å². The first kappa shape index (κ1) is 13.1. The summed E-state index contributed by atoms with van der Waals surface area (Å²) in [7, 11) is 0. The van der Waals surface area contributed by atoms with Crippen LogP contribution in [0.3, 0.4) is 0 Å². The van der Waals surface area contributed by atoms with Crippen molar-refractivity contribution in [1.82, 2.24) is 0 Å². The van der Waals surface area contributed by atoms with Gasteiger partial charge in [0, 0.05) is 0 Å². The molecule has 7 unspecified atom stereocenters. The molecule has 130 valence electrons. The zero-order valence-electron chi connectivity index (χ0n) is 13.6. The minimum absolute atomic E-state index is 0.0429. The number of ketones is 1. The number of carbonyl (C=O) groups excluding carboxylic acids is 1. The summed E-state index contributed by atoms with van der Waals surface area (Å²) in [5, 5.41) is 2.04. The van der Waals surface area contributed by atoms with Crippen LogP contribution in [0.5, 0.6) is 11.5 Å². The summed E-state index contributed by atoms with van der Waals surface area (Å²) >= 11 is 0. The molecule has 2 aliphatic carbocycles. The van der Waals surface area contributed by atoms with Gasteiger partial charge in [0.25, 0.3) is 5.79 Å². The molecule has 4 aliphatic heterocycles. The van der Waals surface area contributed by atoms with Crippen molar-refractivity contribution in [2.24, 2.45) is 5.92 Å². The second kappa shape index (κ2) is 3.63. The van der Waals surface area contributed by atoms with Gasteiger partial charge >= 0.3 is 0 Å². The summed E-state index contributed by atoms with van der Waals surface area (Å²) in [6.45, 7) is 0. The number of epoxide rings is 3. The lowest BCUT2D eigenvalue weighted by molar-refractivity contribution is -0.200. The summed E-state index contributed by atoms with van der Waals surface area (Å²) in [5.41, 5.74) is -0.866. The second-order valence-corrected chi connectivity index (χ2v) is 8.14.